The Morgan fingerprint density at radius 2 is 1.90 bits per heavy atom. The molecular formula is C22H24N4O3. The molecule has 5 rings (SSSR count). The Labute approximate surface area is 169 Å². The number of aromatic nitrogens is 1. The molecule has 4 heterocycles. The van der Waals surface area contributed by atoms with E-state index in [0.29, 0.717) is 25.3 Å². The SMILES string of the molecule is O=C1Nc2ccc(CN3CCOC3=O)cc2/C1=C/c1cc(CN2CCCC2)c[nH]1. The number of aromatic amines is 1. The molecule has 0 saturated carbocycles. The maximum Gasteiger partial charge on any atom is 0.410 e. The number of fused-ring (bicyclic) bond motifs is 1. The predicted octanol–water partition coefficient (Wildman–Crippen LogP) is 3.06. The van der Waals surface area contributed by atoms with E-state index in [-0.39, 0.29) is 12.0 Å². The molecule has 3 aliphatic rings. The summed E-state index contributed by atoms with van der Waals surface area (Å²) in [6.07, 6.45) is 6.19. The van der Waals surface area contributed by atoms with Crippen LogP contribution < -0.4 is 5.32 Å². The van der Waals surface area contributed by atoms with Gasteiger partial charge in [-0.2, -0.15) is 0 Å². The number of amides is 2. The molecule has 1 aromatic heterocycles. The largest absolute Gasteiger partial charge is 0.448 e. The molecule has 3 aliphatic heterocycles. The van der Waals surface area contributed by atoms with Gasteiger partial charge in [-0.1, -0.05) is 6.07 Å². The highest BCUT2D eigenvalue weighted by atomic mass is 16.6. The van der Waals surface area contributed by atoms with Gasteiger partial charge in [0.2, 0.25) is 0 Å². The van der Waals surface area contributed by atoms with E-state index in [1.165, 1.54) is 18.4 Å². The van der Waals surface area contributed by atoms with Crippen molar-refractivity contribution in [3.05, 3.63) is 52.8 Å². The number of ether oxygens (including phenoxy) is 1. The summed E-state index contributed by atoms with van der Waals surface area (Å²) >= 11 is 0. The fourth-order valence-corrected chi connectivity index (χ4v) is 4.25. The summed E-state index contributed by atoms with van der Waals surface area (Å²) < 4.78 is 5.00. The average Bonchev–Trinajstić information content (AvgIpc) is 3.49. The highest BCUT2D eigenvalue weighted by Crippen LogP contribution is 2.34. The van der Waals surface area contributed by atoms with Gasteiger partial charge in [0.25, 0.3) is 5.91 Å². The number of nitrogens with zero attached hydrogens (tertiary/aromatic N) is 2. The number of carbonyl (C=O) groups is 2. The van der Waals surface area contributed by atoms with Crippen LogP contribution in [0.1, 0.15) is 35.2 Å². The van der Waals surface area contributed by atoms with Gasteiger partial charge in [0.15, 0.2) is 0 Å². The van der Waals surface area contributed by atoms with Gasteiger partial charge in [0.1, 0.15) is 6.61 Å². The van der Waals surface area contributed by atoms with Crippen LogP contribution in [0.2, 0.25) is 0 Å². The monoisotopic (exact) mass is 392 g/mol. The van der Waals surface area contributed by atoms with Crippen LogP contribution in [-0.4, -0.2) is 53.0 Å². The lowest BCUT2D eigenvalue weighted by Gasteiger charge is -2.13. The van der Waals surface area contributed by atoms with Gasteiger partial charge in [-0.25, -0.2) is 4.79 Å². The number of cyclic esters (lactones) is 1. The van der Waals surface area contributed by atoms with Crippen molar-refractivity contribution in [2.24, 2.45) is 0 Å². The zero-order chi connectivity index (χ0) is 19.8. The highest BCUT2D eigenvalue weighted by Gasteiger charge is 2.26. The number of likely N-dealkylation sites (tertiary alicyclic amines) is 1. The molecular weight excluding hydrogens is 368 g/mol. The first-order chi connectivity index (χ1) is 14.2. The van der Waals surface area contributed by atoms with Gasteiger partial charge >= 0.3 is 6.09 Å². The van der Waals surface area contributed by atoms with E-state index in [2.05, 4.69) is 21.3 Å². The van der Waals surface area contributed by atoms with Crippen molar-refractivity contribution in [2.75, 3.05) is 31.6 Å². The fraction of sp³-hybridized carbons (Fsp3) is 0.364. The number of anilines is 1. The van der Waals surface area contributed by atoms with Crippen LogP contribution in [0.4, 0.5) is 10.5 Å². The Balaban J connectivity index is 1.37. The third-order valence-corrected chi connectivity index (χ3v) is 5.76. The average molecular weight is 392 g/mol. The first-order valence-corrected chi connectivity index (χ1v) is 10.1. The molecule has 29 heavy (non-hydrogen) atoms. The number of benzene rings is 1. The molecule has 0 spiro atoms. The molecule has 2 aromatic rings. The van der Waals surface area contributed by atoms with E-state index in [0.717, 1.165) is 42.1 Å². The minimum absolute atomic E-state index is 0.103. The van der Waals surface area contributed by atoms with Crippen LogP contribution in [-0.2, 0) is 22.6 Å². The molecule has 150 valence electrons. The molecule has 1 aromatic carbocycles. The number of hydrogen-bond acceptors (Lipinski definition) is 4. The summed E-state index contributed by atoms with van der Waals surface area (Å²) in [4.78, 5) is 31.7. The zero-order valence-corrected chi connectivity index (χ0v) is 16.2. The van der Waals surface area contributed by atoms with Crippen molar-refractivity contribution in [1.29, 1.82) is 0 Å². The summed E-state index contributed by atoms with van der Waals surface area (Å²) in [5, 5.41) is 2.93. The quantitative estimate of drug-likeness (QED) is 0.767. The Hall–Kier alpha value is -3.06. The summed E-state index contributed by atoms with van der Waals surface area (Å²) in [6.45, 7) is 4.77. The van der Waals surface area contributed by atoms with Crippen molar-refractivity contribution >= 4 is 29.3 Å². The Kier molecular flexibility index (Phi) is 4.60. The molecule has 7 heteroatoms. The first-order valence-electron chi connectivity index (χ1n) is 10.1. The predicted molar refractivity (Wildman–Crippen MR) is 110 cm³/mol. The molecule has 0 radical (unpaired) electrons. The van der Waals surface area contributed by atoms with Gasteiger partial charge in [-0.05, 0) is 61.3 Å². The third-order valence-electron chi connectivity index (χ3n) is 5.76. The van der Waals surface area contributed by atoms with Crippen molar-refractivity contribution in [1.82, 2.24) is 14.8 Å². The summed E-state index contributed by atoms with van der Waals surface area (Å²) in [5.41, 5.74) is 5.45. The molecule has 0 aliphatic carbocycles. The normalized spacial score (nSPS) is 20.4. The number of hydrogen-bond donors (Lipinski definition) is 2. The van der Waals surface area contributed by atoms with Crippen molar-refractivity contribution in [3.63, 3.8) is 0 Å². The van der Waals surface area contributed by atoms with Crippen LogP contribution in [0.3, 0.4) is 0 Å². The van der Waals surface area contributed by atoms with Crippen LogP contribution >= 0.6 is 0 Å². The summed E-state index contributed by atoms with van der Waals surface area (Å²) in [6, 6.07) is 7.94. The van der Waals surface area contributed by atoms with Gasteiger partial charge in [0, 0.05) is 36.2 Å². The Morgan fingerprint density at radius 1 is 1.03 bits per heavy atom. The second-order valence-electron chi connectivity index (χ2n) is 7.87. The number of carbonyl (C=O) groups excluding carboxylic acids is 2. The smallest absolute Gasteiger partial charge is 0.410 e. The standard InChI is InChI=1S/C22H24N4O3/c27-21-19(11-17-9-16(12-23-17)13-25-5-1-2-6-25)18-10-15(3-4-20(18)24-21)14-26-7-8-29-22(26)28/h3-4,9-12,23H,1-2,5-8,13-14H2,(H,24,27)/b19-11-. The Bertz CT molecular complexity index is 988. The van der Waals surface area contributed by atoms with Crippen LogP contribution in [0.15, 0.2) is 30.5 Å². The summed E-state index contributed by atoms with van der Waals surface area (Å²) in [7, 11) is 0. The maximum atomic E-state index is 12.5. The van der Waals surface area contributed by atoms with E-state index in [4.69, 9.17) is 4.74 Å². The van der Waals surface area contributed by atoms with Crippen LogP contribution in [0.25, 0.3) is 11.6 Å². The van der Waals surface area contributed by atoms with Crippen LogP contribution in [0.5, 0.6) is 0 Å². The topological polar surface area (TPSA) is 77.7 Å². The van der Waals surface area contributed by atoms with E-state index in [1.54, 1.807) is 4.90 Å². The lowest BCUT2D eigenvalue weighted by molar-refractivity contribution is -0.110. The highest BCUT2D eigenvalue weighted by molar-refractivity contribution is 6.34. The molecule has 2 N–H and O–H groups in total. The van der Waals surface area contributed by atoms with Crippen molar-refractivity contribution in [3.8, 4) is 0 Å². The molecule has 0 unspecified atom stereocenters. The van der Waals surface area contributed by atoms with Crippen molar-refractivity contribution in [2.45, 2.75) is 25.9 Å². The minimum Gasteiger partial charge on any atom is -0.448 e. The van der Waals surface area contributed by atoms with Crippen LogP contribution in [0, 0.1) is 0 Å². The molecule has 0 bridgehead atoms. The summed E-state index contributed by atoms with van der Waals surface area (Å²) in [5.74, 6) is -0.103. The van der Waals surface area contributed by atoms with Crippen molar-refractivity contribution < 1.29 is 14.3 Å². The maximum absolute atomic E-state index is 12.5. The first kappa shape index (κ1) is 18.0. The molecule has 2 fully saturated rings. The van der Waals surface area contributed by atoms with E-state index < -0.39 is 0 Å². The number of nitrogens with one attached hydrogen (secondary N) is 2. The molecule has 0 atom stereocenters. The van der Waals surface area contributed by atoms with E-state index >= 15 is 0 Å². The van der Waals surface area contributed by atoms with Gasteiger partial charge in [-0.3, -0.25) is 9.69 Å². The minimum atomic E-state index is -0.285. The molecule has 2 amide bonds. The van der Waals surface area contributed by atoms with Gasteiger partial charge < -0.3 is 19.9 Å². The zero-order valence-electron chi connectivity index (χ0n) is 16.2. The fourth-order valence-electron chi connectivity index (χ4n) is 4.25. The van der Waals surface area contributed by atoms with E-state index in [9.17, 15) is 9.59 Å². The number of rotatable bonds is 5. The lowest BCUT2D eigenvalue weighted by Crippen LogP contribution is -2.23. The third kappa shape index (κ3) is 3.65. The lowest BCUT2D eigenvalue weighted by atomic mass is 10.0. The van der Waals surface area contributed by atoms with E-state index in [1.807, 2.05) is 30.5 Å². The van der Waals surface area contributed by atoms with Gasteiger partial charge in [-0.15, -0.1) is 0 Å². The Morgan fingerprint density at radius 3 is 2.69 bits per heavy atom. The van der Waals surface area contributed by atoms with Gasteiger partial charge in [0.05, 0.1) is 12.1 Å². The molecule has 2 saturated heterocycles. The second kappa shape index (κ2) is 7.40. The molecule has 7 nitrogen and oxygen atoms in total. The number of H-pyrrole nitrogens is 1. The second-order valence-corrected chi connectivity index (χ2v) is 7.87.